The maximum absolute atomic E-state index is 11.6. The number of nitrogens with zero attached hydrogens (tertiary/aromatic N) is 1. The van der Waals surface area contributed by atoms with E-state index in [-0.39, 0.29) is 0 Å². The fraction of sp³-hybridized carbons (Fsp3) is 0.368. The normalized spacial score (nSPS) is 27.2. The van der Waals surface area contributed by atoms with E-state index in [1.54, 1.807) is 36.5 Å². The van der Waals surface area contributed by atoms with Gasteiger partial charge >= 0.3 is 5.97 Å². The zero-order valence-corrected chi connectivity index (χ0v) is 15.0. The highest BCUT2D eigenvalue weighted by molar-refractivity contribution is 5.90. The lowest BCUT2D eigenvalue weighted by Gasteiger charge is -2.39. The molecule has 0 amide bonds. The highest BCUT2D eigenvalue weighted by Gasteiger charge is 2.44. The van der Waals surface area contributed by atoms with Gasteiger partial charge in [0.2, 0.25) is 6.29 Å². The molecule has 1 fully saturated rings. The van der Waals surface area contributed by atoms with Crippen molar-refractivity contribution in [1.82, 2.24) is 4.98 Å². The second-order valence-electron chi connectivity index (χ2n) is 6.29. The van der Waals surface area contributed by atoms with Crippen molar-refractivity contribution in [2.75, 3.05) is 13.7 Å². The third-order valence-corrected chi connectivity index (χ3v) is 4.45. The number of hydrogen-bond donors (Lipinski definition) is 4. The Balaban J connectivity index is 1.74. The van der Waals surface area contributed by atoms with Gasteiger partial charge in [0.15, 0.2) is 0 Å². The van der Waals surface area contributed by atoms with Crippen LogP contribution in [0.3, 0.4) is 0 Å². The molecule has 28 heavy (non-hydrogen) atoms. The van der Waals surface area contributed by atoms with Crippen molar-refractivity contribution in [2.24, 2.45) is 0 Å². The minimum Gasteiger partial charge on any atom is -0.465 e. The number of pyridine rings is 1. The summed E-state index contributed by atoms with van der Waals surface area (Å²) in [6, 6.07) is 8.31. The summed E-state index contributed by atoms with van der Waals surface area (Å²) in [4.78, 5) is 15.7. The molecule has 0 spiro atoms. The minimum atomic E-state index is -1.51. The Morgan fingerprint density at radius 2 is 1.79 bits per heavy atom. The van der Waals surface area contributed by atoms with Crippen LogP contribution < -0.4 is 4.74 Å². The predicted molar refractivity (Wildman–Crippen MR) is 95.4 cm³/mol. The molecule has 1 aromatic carbocycles. The smallest absolute Gasteiger partial charge is 0.339 e. The molecule has 2 heterocycles. The van der Waals surface area contributed by atoms with Crippen molar-refractivity contribution in [3.05, 3.63) is 48.3 Å². The lowest BCUT2D eigenvalue weighted by molar-refractivity contribution is -0.277. The number of aromatic nitrogens is 1. The van der Waals surface area contributed by atoms with Crippen LogP contribution in [0.4, 0.5) is 0 Å². The van der Waals surface area contributed by atoms with E-state index in [1.165, 1.54) is 13.3 Å². The molecule has 1 aliphatic rings. The van der Waals surface area contributed by atoms with Gasteiger partial charge in [-0.1, -0.05) is 12.1 Å². The summed E-state index contributed by atoms with van der Waals surface area (Å²) in [6.07, 6.45) is -3.75. The molecule has 1 aromatic heterocycles. The highest BCUT2D eigenvalue weighted by atomic mass is 16.7. The van der Waals surface area contributed by atoms with Crippen molar-refractivity contribution in [2.45, 2.75) is 30.7 Å². The van der Waals surface area contributed by atoms with E-state index in [0.717, 1.165) is 5.56 Å². The molecule has 150 valence electrons. The summed E-state index contributed by atoms with van der Waals surface area (Å²) in [5.41, 5.74) is 1.78. The lowest BCUT2D eigenvalue weighted by Crippen LogP contribution is -2.60. The molecule has 0 aliphatic carbocycles. The largest absolute Gasteiger partial charge is 0.465 e. The van der Waals surface area contributed by atoms with Crippen LogP contribution in [0, 0.1) is 0 Å². The summed E-state index contributed by atoms with van der Waals surface area (Å²) in [5.74, 6) is -0.151. The van der Waals surface area contributed by atoms with Crippen molar-refractivity contribution in [3.63, 3.8) is 0 Å². The standard InChI is InChI=1S/C19H21NO8/c1-26-18(25)12-6-11(7-20-8-12)10-2-4-13(5-3-10)27-19-17(24)16(23)15(22)14(9-21)28-19/h2-8,14-17,19,21-24H,9H2,1H3/t14-,15-,16-,17-,19+/m1/s1. The van der Waals surface area contributed by atoms with Crippen molar-refractivity contribution in [1.29, 1.82) is 0 Å². The van der Waals surface area contributed by atoms with Crippen LogP contribution in [-0.4, -0.2) is 75.8 Å². The average molecular weight is 391 g/mol. The van der Waals surface area contributed by atoms with E-state index in [2.05, 4.69) is 9.72 Å². The van der Waals surface area contributed by atoms with Gasteiger partial charge in [-0.2, -0.15) is 0 Å². The van der Waals surface area contributed by atoms with E-state index in [9.17, 15) is 25.2 Å². The van der Waals surface area contributed by atoms with Gasteiger partial charge in [0.1, 0.15) is 30.2 Å². The van der Waals surface area contributed by atoms with Crippen LogP contribution in [0.25, 0.3) is 11.1 Å². The average Bonchev–Trinajstić information content (AvgIpc) is 2.74. The Kier molecular flexibility index (Phi) is 6.22. The van der Waals surface area contributed by atoms with Gasteiger partial charge in [-0.3, -0.25) is 4.98 Å². The third kappa shape index (κ3) is 4.13. The first kappa shape index (κ1) is 20.2. The Morgan fingerprint density at radius 3 is 2.43 bits per heavy atom. The summed E-state index contributed by atoms with van der Waals surface area (Å²) < 4.78 is 15.5. The van der Waals surface area contributed by atoms with Crippen LogP contribution in [-0.2, 0) is 9.47 Å². The maximum atomic E-state index is 11.6. The Morgan fingerprint density at radius 1 is 1.07 bits per heavy atom. The molecule has 0 unspecified atom stereocenters. The zero-order valence-electron chi connectivity index (χ0n) is 15.0. The maximum Gasteiger partial charge on any atom is 0.339 e. The second kappa shape index (κ2) is 8.63. The highest BCUT2D eigenvalue weighted by Crippen LogP contribution is 2.27. The minimum absolute atomic E-state index is 0.321. The van der Waals surface area contributed by atoms with Gasteiger partial charge < -0.3 is 34.6 Å². The molecule has 9 nitrogen and oxygen atoms in total. The summed E-state index contributed by atoms with van der Waals surface area (Å²) in [7, 11) is 1.29. The molecule has 5 atom stereocenters. The Labute approximate surface area is 160 Å². The van der Waals surface area contributed by atoms with Crippen LogP contribution in [0.5, 0.6) is 5.75 Å². The zero-order chi connectivity index (χ0) is 20.3. The van der Waals surface area contributed by atoms with Crippen LogP contribution in [0.1, 0.15) is 10.4 Å². The SMILES string of the molecule is COC(=O)c1cncc(-c2ccc(O[C@H]3O[C@H](CO)[C@@H](O)[C@@H](O)[C@H]3O)cc2)c1. The molecule has 4 N–H and O–H groups in total. The predicted octanol–water partition coefficient (Wildman–Crippen LogP) is -0.286. The van der Waals surface area contributed by atoms with Crippen LogP contribution >= 0.6 is 0 Å². The van der Waals surface area contributed by atoms with E-state index >= 15 is 0 Å². The molecule has 0 radical (unpaired) electrons. The quantitative estimate of drug-likeness (QED) is 0.507. The number of esters is 1. The Bertz CT molecular complexity index is 810. The molecule has 0 saturated carbocycles. The molecule has 1 aliphatic heterocycles. The first-order valence-electron chi connectivity index (χ1n) is 8.55. The number of methoxy groups -OCH3 is 1. The van der Waals surface area contributed by atoms with Crippen LogP contribution in [0.15, 0.2) is 42.7 Å². The van der Waals surface area contributed by atoms with E-state index in [4.69, 9.17) is 9.47 Å². The molecule has 1 saturated heterocycles. The lowest BCUT2D eigenvalue weighted by atomic mass is 9.99. The Hall–Kier alpha value is -2.56. The number of aliphatic hydroxyl groups excluding tert-OH is 4. The molecular weight excluding hydrogens is 370 g/mol. The molecule has 0 bridgehead atoms. The molecule has 2 aromatic rings. The van der Waals surface area contributed by atoms with Crippen molar-refractivity contribution >= 4 is 5.97 Å². The second-order valence-corrected chi connectivity index (χ2v) is 6.29. The summed E-state index contributed by atoms with van der Waals surface area (Å²) in [5, 5.41) is 38.9. The van der Waals surface area contributed by atoms with Crippen molar-refractivity contribution < 1.29 is 39.4 Å². The van der Waals surface area contributed by atoms with E-state index < -0.39 is 43.3 Å². The summed E-state index contributed by atoms with van der Waals surface area (Å²) >= 11 is 0. The van der Waals surface area contributed by atoms with Gasteiger partial charge in [0, 0.05) is 18.0 Å². The van der Waals surface area contributed by atoms with Gasteiger partial charge in [-0.25, -0.2) is 4.79 Å². The molecular formula is C19H21NO8. The third-order valence-electron chi connectivity index (χ3n) is 4.45. The van der Waals surface area contributed by atoms with E-state index in [1.807, 2.05) is 0 Å². The number of ether oxygens (including phenoxy) is 3. The molecule has 9 heteroatoms. The fourth-order valence-electron chi connectivity index (χ4n) is 2.85. The fourth-order valence-corrected chi connectivity index (χ4v) is 2.85. The number of benzene rings is 1. The van der Waals surface area contributed by atoms with Gasteiger partial charge in [0.05, 0.1) is 19.3 Å². The summed E-state index contributed by atoms with van der Waals surface area (Å²) in [6.45, 7) is -0.534. The van der Waals surface area contributed by atoms with E-state index in [0.29, 0.717) is 16.9 Å². The monoisotopic (exact) mass is 391 g/mol. The van der Waals surface area contributed by atoms with Gasteiger partial charge in [0.25, 0.3) is 0 Å². The number of hydrogen-bond acceptors (Lipinski definition) is 9. The van der Waals surface area contributed by atoms with Crippen LogP contribution in [0.2, 0.25) is 0 Å². The number of rotatable bonds is 5. The first-order valence-corrected chi connectivity index (χ1v) is 8.55. The van der Waals surface area contributed by atoms with Gasteiger partial charge in [-0.15, -0.1) is 0 Å². The van der Waals surface area contributed by atoms with Gasteiger partial charge in [-0.05, 0) is 23.8 Å². The number of carbonyl (C=O) groups is 1. The topological polar surface area (TPSA) is 139 Å². The molecule has 3 rings (SSSR count). The number of carbonyl (C=O) groups excluding carboxylic acids is 1. The first-order chi connectivity index (χ1) is 13.4. The number of aliphatic hydroxyl groups is 4. The van der Waals surface area contributed by atoms with Crippen molar-refractivity contribution in [3.8, 4) is 16.9 Å².